The molecule has 0 unspecified atom stereocenters. The minimum absolute atomic E-state index is 0.00424. The van der Waals surface area contributed by atoms with Crippen LogP contribution in [0.3, 0.4) is 0 Å². The van der Waals surface area contributed by atoms with Gasteiger partial charge in [0.25, 0.3) is 0 Å². The summed E-state index contributed by atoms with van der Waals surface area (Å²) in [6, 6.07) is 13.4. The van der Waals surface area contributed by atoms with Gasteiger partial charge < -0.3 is 20.0 Å². The Morgan fingerprint density at radius 3 is 2.38 bits per heavy atom. The normalized spacial score (nSPS) is 14.8. The number of hydrogen-bond acceptors (Lipinski definition) is 4. The Hall–Kier alpha value is -2.80. The van der Waals surface area contributed by atoms with Crippen molar-refractivity contribution < 1.29 is 14.0 Å². The van der Waals surface area contributed by atoms with Gasteiger partial charge >= 0.3 is 6.03 Å². The molecule has 3 amide bonds. The van der Waals surface area contributed by atoms with Crippen molar-refractivity contribution in [1.29, 1.82) is 0 Å². The highest BCUT2D eigenvalue weighted by molar-refractivity contribution is 5.78. The maximum Gasteiger partial charge on any atom is 0.317 e. The van der Waals surface area contributed by atoms with Crippen LogP contribution in [-0.2, 0) is 17.9 Å². The first-order valence-electron chi connectivity index (χ1n) is 8.79. The van der Waals surface area contributed by atoms with E-state index in [2.05, 4.69) is 15.5 Å². The van der Waals surface area contributed by atoms with Crippen LogP contribution in [-0.4, -0.2) is 54.5 Å². The molecule has 2 aromatic rings. The van der Waals surface area contributed by atoms with Gasteiger partial charge in [0.05, 0.1) is 19.4 Å². The van der Waals surface area contributed by atoms with Crippen LogP contribution in [0.15, 0.2) is 53.1 Å². The summed E-state index contributed by atoms with van der Waals surface area (Å²) in [5, 5.41) is 5.78. The molecule has 1 aliphatic rings. The number of carbonyl (C=O) groups is 2. The zero-order valence-electron chi connectivity index (χ0n) is 14.7. The van der Waals surface area contributed by atoms with Crippen LogP contribution in [0.1, 0.15) is 11.3 Å². The van der Waals surface area contributed by atoms with Gasteiger partial charge in [-0.15, -0.1) is 0 Å². The van der Waals surface area contributed by atoms with E-state index in [-0.39, 0.29) is 11.9 Å². The number of rotatable bonds is 6. The highest BCUT2D eigenvalue weighted by Gasteiger charge is 2.22. The predicted molar refractivity (Wildman–Crippen MR) is 97.2 cm³/mol. The van der Waals surface area contributed by atoms with Crippen molar-refractivity contribution in [3.8, 4) is 0 Å². The number of nitrogens with one attached hydrogen (secondary N) is 2. The van der Waals surface area contributed by atoms with E-state index in [1.54, 1.807) is 17.2 Å². The molecule has 7 heteroatoms. The van der Waals surface area contributed by atoms with Crippen molar-refractivity contribution in [3.05, 3.63) is 60.1 Å². The standard InChI is InChI=1S/C19H24N4O3/c24-18(20-13-16-5-2-1-3-6-16)15-22-8-10-23(11-9-22)19(25)21-14-17-7-4-12-26-17/h1-7,12H,8-11,13-15H2,(H,20,24)(H,21,25). The van der Waals surface area contributed by atoms with Crippen LogP contribution < -0.4 is 10.6 Å². The Morgan fingerprint density at radius 1 is 0.923 bits per heavy atom. The minimum atomic E-state index is -0.102. The maximum atomic E-state index is 12.2. The molecular weight excluding hydrogens is 332 g/mol. The van der Waals surface area contributed by atoms with Crippen molar-refractivity contribution in [2.75, 3.05) is 32.7 Å². The van der Waals surface area contributed by atoms with E-state index in [1.807, 2.05) is 36.4 Å². The van der Waals surface area contributed by atoms with E-state index in [0.717, 1.165) is 11.3 Å². The van der Waals surface area contributed by atoms with Crippen LogP contribution in [0, 0.1) is 0 Å². The summed E-state index contributed by atoms with van der Waals surface area (Å²) in [5.74, 6) is 0.733. The monoisotopic (exact) mass is 356 g/mol. The minimum Gasteiger partial charge on any atom is -0.467 e. The lowest BCUT2D eigenvalue weighted by atomic mass is 10.2. The average Bonchev–Trinajstić information content (AvgIpc) is 3.19. The fourth-order valence-corrected chi connectivity index (χ4v) is 2.85. The summed E-state index contributed by atoms with van der Waals surface area (Å²) in [6.45, 7) is 3.86. The Morgan fingerprint density at radius 2 is 1.69 bits per heavy atom. The zero-order valence-corrected chi connectivity index (χ0v) is 14.7. The molecule has 1 fully saturated rings. The number of benzene rings is 1. The molecule has 7 nitrogen and oxygen atoms in total. The highest BCUT2D eigenvalue weighted by atomic mass is 16.3. The van der Waals surface area contributed by atoms with Crippen LogP contribution >= 0.6 is 0 Å². The molecule has 3 rings (SSSR count). The Kier molecular flexibility index (Phi) is 6.27. The number of hydrogen-bond donors (Lipinski definition) is 2. The van der Waals surface area contributed by atoms with Crippen LogP contribution in [0.4, 0.5) is 4.79 Å². The molecule has 1 aromatic heterocycles. The molecule has 1 aromatic carbocycles. The maximum absolute atomic E-state index is 12.2. The van der Waals surface area contributed by atoms with Crippen molar-refractivity contribution in [2.24, 2.45) is 0 Å². The third kappa shape index (κ3) is 5.35. The molecule has 1 saturated heterocycles. The fraction of sp³-hybridized carbons (Fsp3) is 0.368. The number of urea groups is 1. The van der Waals surface area contributed by atoms with Crippen LogP contribution in [0.25, 0.3) is 0 Å². The number of furan rings is 1. The van der Waals surface area contributed by atoms with Gasteiger partial charge in [-0.25, -0.2) is 4.79 Å². The lowest BCUT2D eigenvalue weighted by Crippen LogP contribution is -2.53. The van der Waals surface area contributed by atoms with E-state index >= 15 is 0 Å². The highest BCUT2D eigenvalue weighted by Crippen LogP contribution is 2.04. The first-order valence-corrected chi connectivity index (χ1v) is 8.79. The SMILES string of the molecule is O=C(CN1CCN(C(=O)NCc2ccco2)CC1)NCc1ccccc1. The van der Waals surface area contributed by atoms with Crippen molar-refractivity contribution >= 4 is 11.9 Å². The van der Waals surface area contributed by atoms with Gasteiger partial charge in [0, 0.05) is 32.7 Å². The third-order valence-corrected chi connectivity index (χ3v) is 4.35. The second-order valence-corrected chi connectivity index (χ2v) is 6.26. The van der Waals surface area contributed by atoms with Gasteiger partial charge in [0.15, 0.2) is 0 Å². The predicted octanol–water partition coefficient (Wildman–Crippen LogP) is 1.42. The number of piperazine rings is 1. The smallest absolute Gasteiger partial charge is 0.317 e. The first kappa shape index (κ1) is 18.0. The third-order valence-electron chi connectivity index (χ3n) is 4.35. The molecule has 0 atom stereocenters. The number of carbonyl (C=O) groups excluding carboxylic acids is 2. The van der Waals surface area contributed by atoms with E-state index < -0.39 is 0 Å². The molecule has 0 saturated carbocycles. The topological polar surface area (TPSA) is 77.8 Å². The van der Waals surface area contributed by atoms with E-state index in [1.165, 1.54) is 0 Å². The lowest BCUT2D eigenvalue weighted by molar-refractivity contribution is -0.122. The van der Waals surface area contributed by atoms with Crippen molar-refractivity contribution in [2.45, 2.75) is 13.1 Å². The number of amides is 3. The fourth-order valence-electron chi connectivity index (χ4n) is 2.85. The van der Waals surface area contributed by atoms with Gasteiger partial charge in [-0.1, -0.05) is 30.3 Å². The van der Waals surface area contributed by atoms with Gasteiger partial charge in [0.2, 0.25) is 5.91 Å². The second kappa shape index (κ2) is 9.05. The van der Waals surface area contributed by atoms with Gasteiger partial charge in [-0.05, 0) is 17.7 Å². The van der Waals surface area contributed by atoms with Gasteiger partial charge in [-0.2, -0.15) is 0 Å². The second-order valence-electron chi connectivity index (χ2n) is 6.26. The van der Waals surface area contributed by atoms with Crippen LogP contribution in [0.5, 0.6) is 0 Å². The molecule has 138 valence electrons. The average molecular weight is 356 g/mol. The Labute approximate surface area is 153 Å². The Bertz CT molecular complexity index is 695. The molecule has 2 heterocycles. The van der Waals surface area contributed by atoms with Crippen LogP contribution in [0.2, 0.25) is 0 Å². The Balaban J connectivity index is 1.34. The van der Waals surface area contributed by atoms with E-state index in [9.17, 15) is 9.59 Å². The molecule has 0 aliphatic carbocycles. The molecule has 26 heavy (non-hydrogen) atoms. The summed E-state index contributed by atoms with van der Waals surface area (Å²) in [4.78, 5) is 28.1. The largest absolute Gasteiger partial charge is 0.467 e. The summed E-state index contributed by atoms with van der Waals surface area (Å²) in [7, 11) is 0. The summed E-state index contributed by atoms with van der Waals surface area (Å²) >= 11 is 0. The van der Waals surface area contributed by atoms with E-state index in [4.69, 9.17) is 4.42 Å². The lowest BCUT2D eigenvalue weighted by Gasteiger charge is -2.34. The zero-order chi connectivity index (χ0) is 18.2. The molecule has 0 spiro atoms. The summed E-state index contributed by atoms with van der Waals surface area (Å²) in [6.07, 6.45) is 1.59. The van der Waals surface area contributed by atoms with E-state index in [0.29, 0.717) is 45.8 Å². The van der Waals surface area contributed by atoms with Crippen molar-refractivity contribution in [3.63, 3.8) is 0 Å². The number of nitrogens with zero attached hydrogens (tertiary/aromatic N) is 2. The van der Waals surface area contributed by atoms with Gasteiger partial charge in [-0.3, -0.25) is 9.69 Å². The summed E-state index contributed by atoms with van der Waals surface area (Å²) < 4.78 is 5.20. The summed E-state index contributed by atoms with van der Waals surface area (Å²) in [5.41, 5.74) is 1.08. The molecule has 1 aliphatic heterocycles. The molecule has 0 bridgehead atoms. The molecule has 0 radical (unpaired) electrons. The van der Waals surface area contributed by atoms with Gasteiger partial charge in [0.1, 0.15) is 5.76 Å². The quantitative estimate of drug-likeness (QED) is 0.821. The van der Waals surface area contributed by atoms with Crippen molar-refractivity contribution in [1.82, 2.24) is 20.4 Å². The molecular formula is C19H24N4O3. The first-order chi connectivity index (χ1) is 12.7. The molecule has 2 N–H and O–H groups in total.